The molecule has 0 saturated heterocycles. The van der Waals surface area contributed by atoms with E-state index >= 15 is 0 Å². The van der Waals surface area contributed by atoms with Crippen molar-refractivity contribution < 1.29 is 0 Å². The molecule has 0 bridgehead atoms. The van der Waals surface area contributed by atoms with Crippen LogP contribution in [-0.2, 0) is 0 Å². The third kappa shape index (κ3) is 2.86. The highest BCUT2D eigenvalue weighted by atomic mass is 32.2. The molecule has 3 aromatic rings. The summed E-state index contributed by atoms with van der Waals surface area (Å²) >= 11 is 3.16. The van der Waals surface area contributed by atoms with Gasteiger partial charge in [-0.15, -0.1) is 23.1 Å². The number of hydrogen-bond donors (Lipinski definition) is 3. The van der Waals surface area contributed by atoms with E-state index in [2.05, 4.69) is 16.4 Å². The van der Waals surface area contributed by atoms with Crippen molar-refractivity contribution in [2.75, 3.05) is 11.6 Å². The monoisotopic (exact) mass is 314 g/mol. The predicted molar refractivity (Wildman–Crippen MR) is 92.1 cm³/mol. The largest absolute Gasteiger partial charge is 0.383 e. The average Bonchev–Trinajstić information content (AvgIpc) is 2.90. The summed E-state index contributed by atoms with van der Waals surface area (Å²) in [4.78, 5) is 5.22. The smallest absolute Gasteiger partial charge is 0.133 e. The molecule has 2 heterocycles. The van der Waals surface area contributed by atoms with Crippen LogP contribution < -0.4 is 11.1 Å². The summed E-state index contributed by atoms with van der Waals surface area (Å²) in [6, 6.07) is 12.0. The van der Waals surface area contributed by atoms with Crippen molar-refractivity contribution in [1.82, 2.24) is 4.98 Å². The number of nitrogen functional groups attached to an aromatic ring is 1. The minimum absolute atomic E-state index is 0.0972. The summed E-state index contributed by atoms with van der Waals surface area (Å²) in [7, 11) is 0. The zero-order chi connectivity index (χ0) is 14.8. The predicted octanol–water partition coefficient (Wildman–Crippen LogP) is 4.05. The summed E-state index contributed by atoms with van der Waals surface area (Å²) in [5.74, 6) is 0.0972. The van der Waals surface area contributed by atoms with Gasteiger partial charge < -0.3 is 11.1 Å². The van der Waals surface area contributed by atoms with Gasteiger partial charge in [0, 0.05) is 5.39 Å². The highest BCUT2D eigenvalue weighted by molar-refractivity contribution is 8.00. The van der Waals surface area contributed by atoms with E-state index in [-0.39, 0.29) is 5.84 Å². The molecule has 2 aromatic heterocycles. The number of hydrogen-bond acceptors (Lipinski definition) is 5. The molecule has 0 spiro atoms. The summed E-state index contributed by atoms with van der Waals surface area (Å²) in [6.07, 6.45) is 3.83. The number of thiophene rings is 1. The molecule has 0 aliphatic heterocycles. The van der Waals surface area contributed by atoms with Crippen LogP contribution in [0, 0.1) is 5.41 Å². The molecule has 0 unspecified atom stereocenters. The standard InChI is InChI=1S/C15H14N4S2/c1-20-15-12(7-13(21-15)14(16)17)19-10-6-9-4-2-3-5-11(9)18-8-10/h2-8,19H,1H3,(H3,16,17). The second kappa shape index (κ2) is 5.75. The second-order valence-electron chi connectivity index (χ2n) is 4.47. The normalized spacial score (nSPS) is 10.7. The van der Waals surface area contributed by atoms with Crippen molar-refractivity contribution in [3.63, 3.8) is 0 Å². The number of pyridine rings is 1. The van der Waals surface area contributed by atoms with Gasteiger partial charge in [-0.05, 0) is 24.5 Å². The number of fused-ring (bicyclic) bond motifs is 1. The maximum absolute atomic E-state index is 7.55. The van der Waals surface area contributed by atoms with Gasteiger partial charge in [0.25, 0.3) is 0 Å². The summed E-state index contributed by atoms with van der Waals surface area (Å²) < 4.78 is 1.10. The number of amidine groups is 1. The first kappa shape index (κ1) is 13.9. The van der Waals surface area contributed by atoms with Crippen LogP contribution in [0.15, 0.2) is 46.8 Å². The van der Waals surface area contributed by atoms with E-state index in [1.807, 2.05) is 42.8 Å². The van der Waals surface area contributed by atoms with Crippen LogP contribution >= 0.6 is 23.1 Å². The lowest BCUT2D eigenvalue weighted by molar-refractivity contribution is 1.39. The fraction of sp³-hybridized carbons (Fsp3) is 0.0667. The van der Waals surface area contributed by atoms with E-state index < -0.39 is 0 Å². The van der Waals surface area contributed by atoms with Crippen LogP contribution in [0.3, 0.4) is 0 Å². The number of thioether (sulfide) groups is 1. The number of nitrogens with zero attached hydrogens (tertiary/aromatic N) is 1. The minimum Gasteiger partial charge on any atom is -0.383 e. The van der Waals surface area contributed by atoms with Crippen molar-refractivity contribution in [2.24, 2.45) is 5.73 Å². The number of anilines is 2. The molecule has 0 saturated carbocycles. The Morgan fingerprint density at radius 3 is 2.90 bits per heavy atom. The van der Waals surface area contributed by atoms with Crippen LogP contribution in [0.4, 0.5) is 11.4 Å². The van der Waals surface area contributed by atoms with E-state index in [9.17, 15) is 0 Å². The van der Waals surface area contributed by atoms with Crippen molar-refractivity contribution in [3.05, 3.63) is 47.5 Å². The number of rotatable bonds is 4. The molecule has 0 atom stereocenters. The van der Waals surface area contributed by atoms with Gasteiger partial charge in [-0.3, -0.25) is 10.4 Å². The first-order valence-corrected chi connectivity index (χ1v) is 8.35. The first-order valence-electron chi connectivity index (χ1n) is 6.31. The van der Waals surface area contributed by atoms with E-state index in [4.69, 9.17) is 11.1 Å². The molecule has 0 aliphatic carbocycles. The molecule has 4 nitrogen and oxygen atoms in total. The Morgan fingerprint density at radius 2 is 2.14 bits per heavy atom. The summed E-state index contributed by atoms with van der Waals surface area (Å²) in [5, 5.41) is 12.0. The van der Waals surface area contributed by atoms with E-state index in [0.717, 1.165) is 31.4 Å². The number of aromatic nitrogens is 1. The second-order valence-corrected chi connectivity index (χ2v) is 6.60. The number of nitrogens with one attached hydrogen (secondary N) is 2. The Hall–Kier alpha value is -2.05. The van der Waals surface area contributed by atoms with Gasteiger partial charge in [-0.2, -0.15) is 0 Å². The molecule has 0 fully saturated rings. The summed E-state index contributed by atoms with van der Waals surface area (Å²) in [6.45, 7) is 0. The highest BCUT2D eigenvalue weighted by Gasteiger charge is 2.10. The first-order chi connectivity index (χ1) is 10.2. The lowest BCUT2D eigenvalue weighted by Crippen LogP contribution is -2.08. The Morgan fingerprint density at radius 1 is 1.33 bits per heavy atom. The van der Waals surface area contributed by atoms with Crippen LogP contribution in [-0.4, -0.2) is 17.1 Å². The topological polar surface area (TPSA) is 74.8 Å². The van der Waals surface area contributed by atoms with Gasteiger partial charge in [0.05, 0.1) is 32.2 Å². The Labute approximate surface area is 130 Å². The van der Waals surface area contributed by atoms with Crippen molar-refractivity contribution in [1.29, 1.82) is 5.41 Å². The van der Waals surface area contributed by atoms with Gasteiger partial charge in [-0.25, -0.2) is 0 Å². The van der Waals surface area contributed by atoms with E-state index in [1.165, 1.54) is 11.3 Å². The molecule has 0 radical (unpaired) electrons. The molecular formula is C15H14N4S2. The molecule has 106 valence electrons. The molecule has 6 heteroatoms. The number of benzene rings is 1. The molecule has 0 amide bonds. The molecule has 0 aliphatic rings. The van der Waals surface area contributed by atoms with Crippen LogP contribution in [0.25, 0.3) is 10.9 Å². The van der Waals surface area contributed by atoms with Crippen molar-refractivity contribution >= 4 is 51.2 Å². The van der Waals surface area contributed by atoms with Gasteiger partial charge in [0.2, 0.25) is 0 Å². The van der Waals surface area contributed by atoms with Crippen molar-refractivity contribution in [2.45, 2.75) is 4.21 Å². The van der Waals surface area contributed by atoms with Crippen LogP contribution in [0.1, 0.15) is 4.88 Å². The van der Waals surface area contributed by atoms with Crippen LogP contribution in [0.5, 0.6) is 0 Å². The lowest BCUT2D eigenvalue weighted by Gasteiger charge is -2.07. The zero-order valence-electron chi connectivity index (χ0n) is 11.4. The minimum atomic E-state index is 0.0972. The van der Waals surface area contributed by atoms with Gasteiger partial charge in [-0.1, -0.05) is 18.2 Å². The fourth-order valence-electron chi connectivity index (χ4n) is 2.04. The average molecular weight is 314 g/mol. The highest BCUT2D eigenvalue weighted by Crippen LogP contribution is 2.36. The van der Waals surface area contributed by atoms with E-state index in [0.29, 0.717) is 0 Å². The van der Waals surface area contributed by atoms with E-state index in [1.54, 1.807) is 11.8 Å². The quantitative estimate of drug-likeness (QED) is 0.386. The van der Waals surface area contributed by atoms with Crippen molar-refractivity contribution in [3.8, 4) is 0 Å². The molecule has 4 N–H and O–H groups in total. The SMILES string of the molecule is CSc1sc(C(=N)N)cc1Nc1cnc2ccccc2c1. The Balaban J connectivity index is 1.96. The van der Waals surface area contributed by atoms with Gasteiger partial charge in [0.15, 0.2) is 0 Å². The Kier molecular flexibility index (Phi) is 3.81. The molecule has 21 heavy (non-hydrogen) atoms. The maximum Gasteiger partial charge on any atom is 0.133 e. The van der Waals surface area contributed by atoms with Gasteiger partial charge in [0.1, 0.15) is 5.84 Å². The van der Waals surface area contributed by atoms with Crippen LogP contribution in [0.2, 0.25) is 0 Å². The third-order valence-electron chi connectivity index (χ3n) is 3.02. The third-order valence-corrected chi connectivity index (χ3v) is 5.32. The fourth-order valence-corrected chi connectivity index (χ4v) is 3.68. The lowest BCUT2D eigenvalue weighted by atomic mass is 10.2. The molecule has 3 rings (SSSR count). The molecular weight excluding hydrogens is 300 g/mol. The zero-order valence-corrected chi connectivity index (χ0v) is 13.0. The number of para-hydroxylation sites is 1. The Bertz CT molecular complexity index is 810. The number of nitrogens with two attached hydrogens (primary N) is 1. The summed E-state index contributed by atoms with van der Waals surface area (Å²) in [5.41, 5.74) is 8.43. The van der Waals surface area contributed by atoms with Gasteiger partial charge >= 0.3 is 0 Å². The maximum atomic E-state index is 7.55. The molecule has 1 aromatic carbocycles.